The van der Waals surface area contributed by atoms with Gasteiger partial charge in [0, 0.05) is 19.4 Å². The van der Waals surface area contributed by atoms with Gasteiger partial charge in [-0.25, -0.2) is 4.57 Å². The van der Waals surface area contributed by atoms with Crippen LogP contribution in [0.2, 0.25) is 0 Å². The first-order valence-electron chi connectivity index (χ1n) is 29.0. The van der Waals surface area contributed by atoms with E-state index in [1.165, 1.54) is 77.0 Å². The van der Waals surface area contributed by atoms with Gasteiger partial charge in [-0.3, -0.25) is 18.6 Å². The van der Waals surface area contributed by atoms with E-state index < -0.39 is 32.5 Å². The van der Waals surface area contributed by atoms with Crippen molar-refractivity contribution in [1.29, 1.82) is 0 Å². The first-order valence-corrected chi connectivity index (χ1v) is 30.5. The maximum absolute atomic E-state index is 12.7. The molecule has 0 heterocycles. The second-order valence-corrected chi connectivity index (χ2v) is 20.2. The van der Waals surface area contributed by atoms with Gasteiger partial charge in [-0.1, -0.05) is 232 Å². The smallest absolute Gasteiger partial charge is 0.462 e. The number of carbonyl (C=O) groups is 2. The lowest BCUT2D eigenvalue weighted by Crippen LogP contribution is -2.29. The molecule has 0 amide bonds. The van der Waals surface area contributed by atoms with Crippen LogP contribution < -0.4 is 5.73 Å². The summed E-state index contributed by atoms with van der Waals surface area (Å²) >= 11 is 0. The standard InChI is InChI=1S/C63H106NO8P/c1-3-5-7-9-11-13-15-17-19-20-21-22-23-24-25-26-27-28-29-30-31-32-33-34-35-36-37-38-39-40-42-44-46-48-50-52-54-56-63(66)72-61(60-71-73(67,68)70-58-57-64)59-69-62(65)55-53-51-49-47-45-43-41-18-16-14-12-10-8-6-4-2/h5,7,11,13,17-19,21-22,24-25,27-28,30-31,33-34,36-37,41,61H,3-4,6,8-10,12,14-16,20,23,26,29,32,35,38-40,42-60,64H2,1-2H3,(H,67,68)/b7-5-,13-11-,19-17-,22-21-,25-24-,28-27-,31-30-,34-33-,37-36-,41-18-. The van der Waals surface area contributed by atoms with Gasteiger partial charge in [-0.2, -0.15) is 0 Å². The third kappa shape index (κ3) is 57.5. The van der Waals surface area contributed by atoms with E-state index in [1.807, 2.05) is 0 Å². The molecule has 0 aliphatic carbocycles. The van der Waals surface area contributed by atoms with E-state index >= 15 is 0 Å². The molecule has 0 saturated heterocycles. The van der Waals surface area contributed by atoms with Crippen molar-refractivity contribution in [2.75, 3.05) is 26.4 Å². The number of nitrogens with two attached hydrogens (primary N) is 1. The average Bonchev–Trinajstić information content (AvgIpc) is 3.38. The van der Waals surface area contributed by atoms with Crippen LogP contribution in [0.3, 0.4) is 0 Å². The Kier molecular flexibility index (Phi) is 54.8. The van der Waals surface area contributed by atoms with E-state index in [0.717, 1.165) is 122 Å². The summed E-state index contributed by atoms with van der Waals surface area (Å²) in [6.45, 7) is 3.60. The normalized spacial score (nSPS) is 14.0. The number of allylic oxidation sites excluding steroid dienone is 20. The molecule has 0 aromatic rings. The number of rotatable bonds is 53. The quantitative estimate of drug-likeness (QED) is 0.0264. The highest BCUT2D eigenvalue weighted by Gasteiger charge is 2.26. The minimum Gasteiger partial charge on any atom is -0.462 e. The summed E-state index contributed by atoms with van der Waals surface area (Å²) in [7, 11) is -4.40. The highest BCUT2D eigenvalue weighted by Crippen LogP contribution is 2.43. The number of esters is 2. The molecule has 0 saturated carbocycles. The maximum Gasteiger partial charge on any atom is 0.472 e. The summed E-state index contributed by atoms with van der Waals surface area (Å²) in [5.41, 5.74) is 5.37. The molecule has 0 aromatic heterocycles. The summed E-state index contributed by atoms with van der Waals surface area (Å²) in [4.78, 5) is 35.1. The number of phosphoric ester groups is 1. The van der Waals surface area contributed by atoms with Crippen LogP contribution in [0.5, 0.6) is 0 Å². The Balaban J connectivity index is 4.00. The number of unbranched alkanes of at least 4 members (excludes halogenated alkanes) is 20. The van der Waals surface area contributed by atoms with Crippen molar-refractivity contribution in [1.82, 2.24) is 0 Å². The molecule has 10 heteroatoms. The molecule has 416 valence electrons. The number of phosphoric acid groups is 1. The zero-order chi connectivity index (χ0) is 53.1. The van der Waals surface area contributed by atoms with Crippen molar-refractivity contribution in [2.24, 2.45) is 5.73 Å². The Morgan fingerprint density at radius 2 is 0.753 bits per heavy atom. The van der Waals surface area contributed by atoms with Crippen molar-refractivity contribution in [3.63, 3.8) is 0 Å². The molecule has 0 rings (SSSR count). The lowest BCUT2D eigenvalue weighted by atomic mass is 10.1. The SMILES string of the molecule is CC/C=C\C/C=C\C/C=C\C/C=C\C/C=C\C/C=C\C/C=C\C/C=C\C/C=C\CCCCCCCCCCCC(=O)OC(COC(=O)CCCCCCC/C=C\CCCCCCCC)COP(=O)(O)OCCN. The van der Waals surface area contributed by atoms with E-state index in [2.05, 4.69) is 135 Å². The Morgan fingerprint density at radius 3 is 1.14 bits per heavy atom. The monoisotopic (exact) mass is 1040 g/mol. The molecule has 0 radical (unpaired) electrons. The van der Waals surface area contributed by atoms with Crippen LogP contribution in [0.15, 0.2) is 122 Å². The van der Waals surface area contributed by atoms with Gasteiger partial charge in [0.1, 0.15) is 6.61 Å². The molecule has 73 heavy (non-hydrogen) atoms. The second-order valence-electron chi connectivity index (χ2n) is 18.8. The molecule has 3 N–H and O–H groups in total. The molecule has 0 aromatic carbocycles. The molecule has 0 bridgehead atoms. The van der Waals surface area contributed by atoms with E-state index in [1.54, 1.807) is 0 Å². The van der Waals surface area contributed by atoms with Gasteiger partial charge in [-0.15, -0.1) is 0 Å². The van der Waals surface area contributed by atoms with Gasteiger partial charge in [0.15, 0.2) is 6.10 Å². The lowest BCUT2D eigenvalue weighted by Gasteiger charge is -2.19. The molecule has 2 atom stereocenters. The largest absolute Gasteiger partial charge is 0.472 e. The fourth-order valence-electron chi connectivity index (χ4n) is 7.56. The van der Waals surface area contributed by atoms with Crippen LogP contribution >= 0.6 is 7.82 Å². The van der Waals surface area contributed by atoms with Crippen molar-refractivity contribution >= 4 is 19.8 Å². The van der Waals surface area contributed by atoms with Crippen LogP contribution in [-0.2, 0) is 32.7 Å². The van der Waals surface area contributed by atoms with E-state index in [9.17, 15) is 19.0 Å². The third-order valence-electron chi connectivity index (χ3n) is 11.8. The average molecular weight is 1040 g/mol. The molecule has 9 nitrogen and oxygen atoms in total. The van der Waals surface area contributed by atoms with Gasteiger partial charge in [-0.05, 0) is 109 Å². The number of hydrogen-bond donors (Lipinski definition) is 2. The first kappa shape index (κ1) is 69.4. The Morgan fingerprint density at radius 1 is 0.425 bits per heavy atom. The first-order chi connectivity index (χ1) is 35.8. The van der Waals surface area contributed by atoms with Crippen molar-refractivity contribution in [3.05, 3.63) is 122 Å². The second kappa shape index (κ2) is 57.7. The maximum atomic E-state index is 12.7. The third-order valence-corrected chi connectivity index (χ3v) is 12.8. The summed E-state index contributed by atoms with van der Waals surface area (Å²) in [5.74, 6) is -0.850. The van der Waals surface area contributed by atoms with E-state index in [0.29, 0.717) is 6.42 Å². The summed E-state index contributed by atoms with van der Waals surface area (Å²) in [5, 5.41) is 0. The summed E-state index contributed by atoms with van der Waals surface area (Å²) in [6.07, 6.45) is 79.7. The van der Waals surface area contributed by atoms with Crippen molar-refractivity contribution < 1.29 is 37.6 Å². The molecule has 0 aliphatic heterocycles. The zero-order valence-electron chi connectivity index (χ0n) is 46.3. The van der Waals surface area contributed by atoms with Crippen LogP contribution in [0.4, 0.5) is 0 Å². The molecular formula is C63H106NO8P. The fraction of sp³-hybridized carbons (Fsp3) is 0.651. The minimum atomic E-state index is -4.40. The van der Waals surface area contributed by atoms with Gasteiger partial charge >= 0.3 is 19.8 Å². The zero-order valence-corrected chi connectivity index (χ0v) is 47.2. The van der Waals surface area contributed by atoms with Crippen LogP contribution in [-0.4, -0.2) is 49.3 Å². The van der Waals surface area contributed by atoms with Crippen molar-refractivity contribution in [3.8, 4) is 0 Å². The van der Waals surface area contributed by atoms with Crippen LogP contribution in [0.1, 0.15) is 232 Å². The predicted octanol–water partition coefficient (Wildman–Crippen LogP) is 18.4. The number of ether oxygens (including phenoxy) is 2. The van der Waals surface area contributed by atoms with E-state index in [4.69, 9.17) is 24.3 Å². The molecule has 0 spiro atoms. The highest BCUT2D eigenvalue weighted by molar-refractivity contribution is 7.47. The Bertz CT molecular complexity index is 1600. The van der Waals surface area contributed by atoms with Crippen LogP contribution in [0.25, 0.3) is 0 Å². The van der Waals surface area contributed by atoms with Crippen LogP contribution in [0, 0.1) is 0 Å². The molecule has 0 fully saturated rings. The highest BCUT2D eigenvalue weighted by atomic mass is 31.2. The summed E-state index contributed by atoms with van der Waals surface area (Å²) in [6, 6.07) is 0. The van der Waals surface area contributed by atoms with Gasteiger partial charge < -0.3 is 20.1 Å². The number of carbonyl (C=O) groups excluding carboxylic acids is 2. The fourth-order valence-corrected chi connectivity index (χ4v) is 8.33. The molecular weight excluding hydrogens is 930 g/mol. The molecule has 0 aliphatic rings. The van der Waals surface area contributed by atoms with E-state index in [-0.39, 0.29) is 32.6 Å². The Hall–Kier alpha value is -3.59. The van der Waals surface area contributed by atoms with Gasteiger partial charge in [0.2, 0.25) is 0 Å². The summed E-state index contributed by atoms with van der Waals surface area (Å²) < 4.78 is 33.0. The lowest BCUT2D eigenvalue weighted by molar-refractivity contribution is -0.161. The molecule has 2 unspecified atom stereocenters. The Labute approximate surface area is 447 Å². The predicted molar refractivity (Wildman–Crippen MR) is 311 cm³/mol. The van der Waals surface area contributed by atoms with Crippen molar-refractivity contribution in [2.45, 2.75) is 238 Å². The van der Waals surface area contributed by atoms with Gasteiger partial charge in [0.05, 0.1) is 13.2 Å². The van der Waals surface area contributed by atoms with Gasteiger partial charge in [0.25, 0.3) is 0 Å². The minimum absolute atomic E-state index is 0.0461. The topological polar surface area (TPSA) is 134 Å². The number of hydrogen-bond acceptors (Lipinski definition) is 8.